The highest BCUT2D eigenvalue weighted by molar-refractivity contribution is 6.32. The molecule has 0 amide bonds. The Bertz CT molecular complexity index is 1280. The minimum atomic E-state index is -1.38. The first-order valence-electron chi connectivity index (χ1n) is 12.8. The number of carboxylic acid groups (broad SMARTS) is 1. The lowest BCUT2D eigenvalue weighted by atomic mass is 9.71. The molecule has 2 heterocycles. The van der Waals surface area contributed by atoms with Crippen LogP contribution in [0.15, 0.2) is 42.6 Å². The van der Waals surface area contributed by atoms with Crippen molar-refractivity contribution in [2.75, 3.05) is 26.7 Å². The molecule has 4 rings (SSSR count). The van der Waals surface area contributed by atoms with Crippen LogP contribution in [-0.2, 0) is 11.2 Å². The Labute approximate surface area is 225 Å². The van der Waals surface area contributed by atoms with E-state index in [0.717, 1.165) is 6.07 Å². The summed E-state index contributed by atoms with van der Waals surface area (Å²) >= 11 is 6.38. The number of likely N-dealkylation sites (tertiary alicyclic amines) is 1. The van der Waals surface area contributed by atoms with Gasteiger partial charge in [0.2, 0.25) is 0 Å². The zero-order valence-electron chi connectivity index (χ0n) is 21.4. The molecule has 1 N–H and O–H groups in total. The Morgan fingerprint density at radius 1 is 1.24 bits per heavy atom. The Morgan fingerprint density at radius 3 is 2.71 bits per heavy atom. The van der Waals surface area contributed by atoms with E-state index in [0.29, 0.717) is 79.5 Å². The smallest absolute Gasteiger partial charge is 0.303 e. The van der Waals surface area contributed by atoms with Crippen molar-refractivity contribution >= 4 is 28.5 Å². The zero-order valence-corrected chi connectivity index (χ0v) is 22.1. The third-order valence-electron chi connectivity index (χ3n) is 7.70. The van der Waals surface area contributed by atoms with Gasteiger partial charge >= 0.3 is 5.97 Å². The molecule has 9 heteroatoms. The van der Waals surface area contributed by atoms with E-state index >= 15 is 4.39 Å². The number of fused-ring (bicyclic) bond motifs is 1. The highest BCUT2D eigenvalue weighted by atomic mass is 35.5. The van der Waals surface area contributed by atoms with Crippen molar-refractivity contribution < 1.29 is 27.8 Å². The lowest BCUT2D eigenvalue weighted by Gasteiger charge is -2.41. The summed E-state index contributed by atoms with van der Waals surface area (Å²) in [5, 5.41) is 10.4. The molecule has 0 radical (unpaired) electrons. The van der Waals surface area contributed by atoms with Gasteiger partial charge in [0.25, 0.3) is 0 Å². The minimum Gasteiger partial charge on any atom is -0.497 e. The van der Waals surface area contributed by atoms with Crippen molar-refractivity contribution in [3.8, 4) is 5.75 Å². The van der Waals surface area contributed by atoms with Gasteiger partial charge in [0.1, 0.15) is 11.9 Å². The molecule has 0 spiro atoms. The van der Waals surface area contributed by atoms with Gasteiger partial charge in [-0.2, -0.15) is 0 Å². The number of benzene rings is 2. The summed E-state index contributed by atoms with van der Waals surface area (Å²) in [4.78, 5) is 18.2. The van der Waals surface area contributed by atoms with Crippen LogP contribution in [0.2, 0.25) is 5.02 Å². The Hall–Kier alpha value is -2.84. The van der Waals surface area contributed by atoms with Gasteiger partial charge in [0, 0.05) is 17.1 Å². The Morgan fingerprint density at radius 2 is 2.00 bits per heavy atom. The van der Waals surface area contributed by atoms with Crippen molar-refractivity contribution in [1.82, 2.24) is 9.88 Å². The van der Waals surface area contributed by atoms with Crippen LogP contribution in [0.25, 0.3) is 10.9 Å². The summed E-state index contributed by atoms with van der Waals surface area (Å²) in [6, 6.07) is 9.43. The van der Waals surface area contributed by atoms with Crippen molar-refractivity contribution in [3.05, 3.63) is 70.4 Å². The van der Waals surface area contributed by atoms with E-state index in [4.69, 9.17) is 16.3 Å². The number of halogens is 4. The number of methoxy groups -OCH3 is 1. The Kier molecular flexibility index (Phi) is 9.15. The van der Waals surface area contributed by atoms with Crippen LogP contribution in [0.5, 0.6) is 5.75 Å². The summed E-state index contributed by atoms with van der Waals surface area (Å²) in [7, 11) is 1.54. The van der Waals surface area contributed by atoms with Crippen LogP contribution < -0.4 is 4.74 Å². The van der Waals surface area contributed by atoms with Gasteiger partial charge in [-0.25, -0.2) is 13.2 Å². The molecule has 1 aliphatic rings. The molecule has 1 aliphatic heterocycles. The van der Waals surface area contributed by atoms with Gasteiger partial charge in [-0.1, -0.05) is 23.7 Å². The van der Waals surface area contributed by atoms with Gasteiger partial charge in [-0.3, -0.25) is 9.78 Å². The fraction of sp³-hybridized carbons (Fsp3) is 0.448. The Balaban J connectivity index is 1.39. The average Bonchev–Trinajstić information content (AvgIpc) is 2.90. The van der Waals surface area contributed by atoms with Crippen molar-refractivity contribution in [3.63, 3.8) is 0 Å². The molecule has 1 atom stereocenters. The molecule has 0 bridgehead atoms. The minimum absolute atomic E-state index is 0.0271. The van der Waals surface area contributed by atoms with Gasteiger partial charge in [0.15, 0.2) is 11.6 Å². The molecule has 1 unspecified atom stereocenters. The van der Waals surface area contributed by atoms with Crippen LogP contribution in [0.3, 0.4) is 0 Å². The molecule has 1 fully saturated rings. The maximum atomic E-state index is 15.7. The van der Waals surface area contributed by atoms with Crippen LogP contribution in [-0.4, -0.2) is 47.7 Å². The van der Waals surface area contributed by atoms with E-state index in [1.54, 1.807) is 24.3 Å². The van der Waals surface area contributed by atoms with Crippen molar-refractivity contribution in [1.29, 1.82) is 0 Å². The molecular formula is C29H32ClF3N2O3. The number of alkyl halides is 1. The lowest BCUT2D eigenvalue weighted by molar-refractivity contribution is -0.141. The number of hydrogen-bond donors (Lipinski definition) is 1. The highest BCUT2D eigenvalue weighted by Crippen LogP contribution is 2.44. The fourth-order valence-electron chi connectivity index (χ4n) is 5.51. The summed E-state index contributed by atoms with van der Waals surface area (Å²) in [5.74, 6) is -1.96. The number of nitrogens with zero attached hydrogens (tertiary/aromatic N) is 2. The molecule has 0 aliphatic carbocycles. The predicted molar refractivity (Wildman–Crippen MR) is 141 cm³/mol. The maximum absolute atomic E-state index is 15.7. The number of hydrogen-bond acceptors (Lipinski definition) is 4. The zero-order chi connectivity index (χ0) is 27.3. The number of pyridine rings is 1. The standard InChI is InChI=1S/C29H32ClF3N2O3/c1-38-20-7-8-25-21(16-20)27(22(30)18-34-25)23(31)9-10-29(17-26(36)37)11-14-35(15-12-29)13-3-5-19-4-2-6-24(32)28(19)33/h2,4,6-8,16,18,23H,3,5,9-15,17H2,1H3,(H,36,37). The van der Waals surface area contributed by atoms with Crippen LogP contribution in [0, 0.1) is 17.0 Å². The number of carbonyl (C=O) groups is 1. The van der Waals surface area contributed by atoms with Crippen LogP contribution >= 0.6 is 11.6 Å². The molecule has 38 heavy (non-hydrogen) atoms. The molecule has 0 saturated carbocycles. The SMILES string of the molecule is COc1ccc2ncc(Cl)c(C(F)CCC3(CC(=O)O)CCN(CCCc4cccc(F)c4F)CC3)c2c1. The van der Waals surface area contributed by atoms with Gasteiger partial charge in [-0.15, -0.1) is 0 Å². The topological polar surface area (TPSA) is 62.7 Å². The number of aliphatic carboxylic acids is 1. The fourth-order valence-corrected chi connectivity index (χ4v) is 5.78. The summed E-state index contributed by atoms with van der Waals surface area (Å²) < 4.78 is 48.4. The molecule has 3 aromatic rings. The molecule has 2 aromatic carbocycles. The first kappa shape index (κ1) is 28.2. The second kappa shape index (κ2) is 12.3. The number of ether oxygens (including phenoxy) is 1. The first-order valence-corrected chi connectivity index (χ1v) is 13.2. The molecule has 1 saturated heterocycles. The largest absolute Gasteiger partial charge is 0.497 e. The second-order valence-corrected chi connectivity index (χ2v) is 10.5. The number of aromatic nitrogens is 1. The molecule has 5 nitrogen and oxygen atoms in total. The van der Waals surface area contributed by atoms with Crippen LogP contribution in [0.1, 0.15) is 55.8 Å². The quantitative estimate of drug-likeness (QED) is 0.275. The van der Waals surface area contributed by atoms with Gasteiger partial charge in [-0.05, 0) is 93.4 Å². The third-order valence-corrected chi connectivity index (χ3v) is 8.01. The first-order chi connectivity index (χ1) is 18.2. The lowest BCUT2D eigenvalue weighted by Crippen LogP contribution is -2.41. The van der Waals surface area contributed by atoms with Gasteiger partial charge < -0.3 is 14.7 Å². The normalized spacial score (nSPS) is 16.4. The van der Waals surface area contributed by atoms with E-state index in [1.165, 1.54) is 19.4 Å². The number of rotatable bonds is 11. The van der Waals surface area contributed by atoms with Crippen LogP contribution in [0.4, 0.5) is 13.2 Å². The van der Waals surface area contributed by atoms with Crippen molar-refractivity contribution in [2.24, 2.45) is 5.41 Å². The second-order valence-electron chi connectivity index (χ2n) is 10.1. The van der Waals surface area contributed by atoms with E-state index in [1.807, 2.05) is 0 Å². The maximum Gasteiger partial charge on any atom is 0.303 e. The highest BCUT2D eigenvalue weighted by Gasteiger charge is 2.37. The molecule has 204 valence electrons. The van der Waals surface area contributed by atoms with E-state index < -0.39 is 29.2 Å². The van der Waals surface area contributed by atoms with E-state index in [-0.39, 0.29) is 17.9 Å². The summed E-state index contributed by atoms with van der Waals surface area (Å²) in [6.45, 7) is 2.04. The van der Waals surface area contributed by atoms with E-state index in [9.17, 15) is 18.7 Å². The van der Waals surface area contributed by atoms with Gasteiger partial charge in [0.05, 0.1) is 24.1 Å². The number of carboxylic acids is 1. The summed E-state index contributed by atoms with van der Waals surface area (Å²) in [6.07, 6.45) is 2.92. The van der Waals surface area contributed by atoms with E-state index in [2.05, 4.69) is 9.88 Å². The third kappa shape index (κ3) is 6.59. The number of aryl methyl sites for hydroxylation is 1. The molecular weight excluding hydrogens is 517 g/mol. The number of piperidine rings is 1. The monoisotopic (exact) mass is 548 g/mol. The average molecular weight is 549 g/mol. The molecule has 1 aromatic heterocycles. The summed E-state index contributed by atoms with van der Waals surface area (Å²) in [5.41, 5.74) is 0.799. The predicted octanol–water partition coefficient (Wildman–Crippen LogP) is 7.16. The van der Waals surface area contributed by atoms with Crippen molar-refractivity contribution in [2.45, 2.75) is 51.1 Å².